The molecule has 0 unspecified atom stereocenters. The van der Waals surface area contributed by atoms with Crippen LogP contribution in [-0.2, 0) is 12.0 Å². The number of fused-ring (bicyclic) bond motifs is 9. The molecule has 4 aromatic carbocycles. The largest absolute Gasteiger partial charge is 0.457 e. The van der Waals surface area contributed by atoms with Crippen molar-refractivity contribution in [1.82, 2.24) is 9.88 Å². The van der Waals surface area contributed by atoms with Crippen molar-refractivity contribution in [3.8, 4) is 11.5 Å². The molecule has 4 heterocycles. The average Bonchev–Trinajstić information content (AvgIpc) is 3.25. The van der Waals surface area contributed by atoms with E-state index in [0.29, 0.717) is 57.6 Å². The van der Waals surface area contributed by atoms with Crippen molar-refractivity contribution in [3.05, 3.63) is 142 Å². The minimum atomic E-state index is -1.07. The van der Waals surface area contributed by atoms with Crippen molar-refractivity contribution in [1.29, 1.82) is 0 Å². The zero-order valence-electron chi connectivity index (χ0n) is 21.4. The van der Waals surface area contributed by atoms with E-state index in [0.717, 1.165) is 11.1 Å². The molecule has 0 saturated carbocycles. The van der Waals surface area contributed by atoms with Gasteiger partial charge in [-0.25, -0.2) is 13.8 Å². The summed E-state index contributed by atoms with van der Waals surface area (Å²) in [5.41, 5.74) is 4.44. The van der Waals surface area contributed by atoms with E-state index < -0.39 is 17.0 Å². The number of aromatic nitrogens is 1. The molecule has 3 aliphatic rings. The fourth-order valence-electron chi connectivity index (χ4n) is 6.54. The number of hydrogen-bond acceptors (Lipinski definition) is 4. The summed E-state index contributed by atoms with van der Waals surface area (Å²) in [6, 6.07) is 28.2. The molecule has 0 bridgehead atoms. The van der Waals surface area contributed by atoms with Gasteiger partial charge in [-0.05, 0) is 71.8 Å². The molecule has 0 saturated heterocycles. The third kappa shape index (κ3) is 2.89. The Kier molecular flexibility index (Phi) is 4.57. The first-order valence-corrected chi connectivity index (χ1v) is 13.0. The Balaban J connectivity index is 1.50. The molecular formula is C33H21F2N3O2. The highest BCUT2D eigenvalue weighted by molar-refractivity contribution is 5.98. The molecule has 7 heteroatoms. The summed E-state index contributed by atoms with van der Waals surface area (Å²) in [7, 11) is 1.74. The van der Waals surface area contributed by atoms with Crippen molar-refractivity contribution >= 4 is 23.1 Å². The van der Waals surface area contributed by atoms with E-state index >= 15 is 8.78 Å². The van der Waals surface area contributed by atoms with Gasteiger partial charge in [0.1, 0.15) is 29.0 Å². The Labute approximate surface area is 228 Å². The highest BCUT2D eigenvalue weighted by Crippen LogP contribution is 2.62. The van der Waals surface area contributed by atoms with E-state index in [9.17, 15) is 4.79 Å². The molecular weight excluding hydrogens is 508 g/mol. The summed E-state index contributed by atoms with van der Waals surface area (Å²) < 4.78 is 36.8. The van der Waals surface area contributed by atoms with Crippen LogP contribution in [0, 0.1) is 11.6 Å². The third-order valence-corrected chi connectivity index (χ3v) is 8.16. The summed E-state index contributed by atoms with van der Waals surface area (Å²) in [6.07, 6.45) is 0. The van der Waals surface area contributed by atoms with Gasteiger partial charge in [-0.2, -0.15) is 0 Å². The predicted octanol–water partition coefficient (Wildman–Crippen LogP) is 7.22. The summed E-state index contributed by atoms with van der Waals surface area (Å²) in [5.74, 6) is 0.912. The zero-order valence-corrected chi connectivity index (χ0v) is 21.4. The van der Waals surface area contributed by atoms with Crippen LogP contribution in [0.2, 0.25) is 0 Å². The number of pyridine rings is 1. The first-order chi connectivity index (χ1) is 19.5. The average molecular weight is 530 g/mol. The van der Waals surface area contributed by atoms with E-state index in [-0.39, 0.29) is 5.91 Å². The van der Waals surface area contributed by atoms with Crippen molar-refractivity contribution in [3.63, 3.8) is 0 Å². The fraction of sp³-hybridized carbons (Fsp3) is 0.0909. The van der Waals surface area contributed by atoms with Gasteiger partial charge in [-0.15, -0.1) is 0 Å². The quantitative estimate of drug-likeness (QED) is 0.225. The monoisotopic (exact) mass is 529 g/mol. The summed E-state index contributed by atoms with van der Waals surface area (Å²) in [4.78, 5) is 21.0. The van der Waals surface area contributed by atoms with Crippen molar-refractivity contribution in [2.75, 3.05) is 11.9 Å². The van der Waals surface area contributed by atoms with Crippen molar-refractivity contribution < 1.29 is 18.3 Å². The smallest absolute Gasteiger partial charge is 0.255 e. The summed E-state index contributed by atoms with van der Waals surface area (Å²) in [5, 5.41) is 0. The Hall–Kier alpha value is -5.04. The summed E-state index contributed by atoms with van der Waals surface area (Å²) in [6.45, 7) is 0.393. The molecule has 5 aromatic rings. The van der Waals surface area contributed by atoms with Crippen LogP contribution >= 0.6 is 0 Å². The van der Waals surface area contributed by atoms with Crippen LogP contribution in [0.15, 0.2) is 97.1 Å². The lowest BCUT2D eigenvalue weighted by atomic mass is 9.61. The molecule has 8 rings (SSSR count). The van der Waals surface area contributed by atoms with Gasteiger partial charge in [0.2, 0.25) is 0 Å². The number of halogens is 2. The Morgan fingerprint density at radius 3 is 1.93 bits per heavy atom. The minimum Gasteiger partial charge on any atom is -0.457 e. The number of ether oxygens (including phenoxy) is 1. The van der Waals surface area contributed by atoms with Crippen LogP contribution < -0.4 is 9.64 Å². The van der Waals surface area contributed by atoms with Crippen LogP contribution in [-0.4, -0.2) is 22.8 Å². The standard InChI is InChI=1S/C33H21F2N3O2/c1-37-18-26-21(32(37)39)12-15-31(36-26)38-27-13-10-19(34)16-24(27)33(25-17-20(35)11-14-28(25)38)22-6-2-4-8-29(22)40-30-9-5-3-7-23(30)33/h2-17H,18H2,1H3. The van der Waals surface area contributed by atoms with E-state index in [1.165, 1.54) is 24.3 Å². The number of anilines is 3. The first kappa shape index (κ1) is 22.9. The van der Waals surface area contributed by atoms with Gasteiger partial charge in [0.15, 0.2) is 0 Å². The molecule has 1 aromatic heterocycles. The molecule has 0 aliphatic carbocycles. The Bertz CT molecular complexity index is 1800. The van der Waals surface area contributed by atoms with Gasteiger partial charge in [0, 0.05) is 18.2 Å². The summed E-state index contributed by atoms with van der Waals surface area (Å²) >= 11 is 0. The van der Waals surface area contributed by atoms with Crippen molar-refractivity contribution in [2.45, 2.75) is 12.0 Å². The molecule has 0 N–H and O–H groups in total. The van der Waals surface area contributed by atoms with Crippen LogP contribution in [0.5, 0.6) is 11.5 Å². The maximum absolute atomic E-state index is 15.3. The molecule has 40 heavy (non-hydrogen) atoms. The number of amides is 1. The Morgan fingerprint density at radius 2 is 1.32 bits per heavy atom. The van der Waals surface area contributed by atoms with E-state index in [4.69, 9.17) is 9.72 Å². The molecule has 3 aliphatic heterocycles. The van der Waals surface area contributed by atoms with Gasteiger partial charge in [0.05, 0.1) is 34.6 Å². The number of para-hydroxylation sites is 2. The van der Waals surface area contributed by atoms with Gasteiger partial charge in [-0.3, -0.25) is 9.69 Å². The lowest BCUT2D eigenvalue weighted by Gasteiger charge is -2.48. The Morgan fingerprint density at radius 1 is 0.750 bits per heavy atom. The lowest BCUT2D eigenvalue weighted by Crippen LogP contribution is -2.40. The van der Waals surface area contributed by atoms with Gasteiger partial charge in [0.25, 0.3) is 5.91 Å². The molecule has 1 spiro atoms. The molecule has 0 atom stereocenters. The van der Waals surface area contributed by atoms with Crippen molar-refractivity contribution in [2.24, 2.45) is 0 Å². The maximum Gasteiger partial charge on any atom is 0.255 e. The highest BCUT2D eigenvalue weighted by atomic mass is 19.1. The van der Waals surface area contributed by atoms with Gasteiger partial charge < -0.3 is 9.64 Å². The molecule has 5 nitrogen and oxygen atoms in total. The van der Waals surface area contributed by atoms with Gasteiger partial charge in [-0.1, -0.05) is 36.4 Å². The SMILES string of the molecule is CN1Cc2nc(N3c4ccc(F)cc4C4(c5ccccc5Oc5ccccc54)c4cc(F)ccc43)ccc2C1=O. The highest BCUT2D eigenvalue weighted by Gasteiger charge is 2.51. The van der Waals surface area contributed by atoms with Gasteiger partial charge >= 0.3 is 0 Å². The number of rotatable bonds is 1. The van der Waals surface area contributed by atoms with Crippen LogP contribution in [0.3, 0.4) is 0 Å². The van der Waals surface area contributed by atoms with E-state index in [1.807, 2.05) is 53.4 Å². The number of benzene rings is 4. The second kappa shape index (κ2) is 7.99. The fourth-order valence-corrected chi connectivity index (χ4v) is 6.54. The number of carbonyl (C=O) groups excluding carboxylic acids is 1. The first-order valence-electron chi connectivity index (χ1n) is 13.0. The number of hydrogen-bond donors (Lipinski definition) is 0. The van der Waals surface area contributed by atoms with E-state index in [2.05, 4.69) is 0 Å². The lowest BCUT2D eigenvalue weighted by molar-refractivity contribution is 0.0816. The minimum absolute atomic E-state index is 0.0768. The second-order valence-corrected chi connectivity index (χ2v) is 10.3. The topological polar surface area (TPSA) is 45.7 Å². The second-order valence-electron chi connectivity index (χ2n) is 10.3. The number of nitrogens with zero attached hydrogens (tertiary/aromatic N) is 3. The molecule has 194 valence electrons. The third-order valence-electron chi connectivity index (χ3n) is 8.16. The number of carbonyl (C=O) groups is 1. The van der Waals surface area contributed by atoms with Crippen LogP contribution in [0.1, 0.15) is 38.3 Å². The molecule has 0 fully saturated rings. The molecule has 0 radical (unpaired) electrons. The zero-order chi connectivity index (χ0) is 27.2. The maximum atomic E-state index is 15.3. The molecule has 1 amide bonds. The van der Waals surface area contributed by atoms with Crippen LogP contribution in [0.25, 0.3) is 0 Å². The van der Waals surface area contributed by atoms with Crippen LogP contribution in [0.4, 0.5) is 26.0 Å². The predicted molar refractivity (Wildman–Crippen MR) is 147 cm³/mol. The normalized spacial score (nSPS) is 15.6. The van der Waals surface area contributed by atoms with E-state index in [1.54, 1.807) is 36.2 Å².